The first-order valence-corrected chi connectivity index (χ1v) is 7.85. The van der Waals surface area contributed by atoms with Crippen LogP contribution in [-0.4, -0.2) is 23.5 Å². The Hall–Kier alpha value is -3.61. The van der Waals surface area contributed by atoms with Crippen molar-refractivity contribution in [1.29, 1.82) is 0 Å². The van der Waals surface area contributed by atoms with Crippen molar-refractivity contribution in [1.82, 2.24) is 4.57 Å². The first-order valence-electron chi connectivity index (χ1n) is 7.85. The number of carbonyl (C=O) groups is 1. The van der Waals surface area contributed by atoms with Gasteiger partial charge in [-0.15, -0.1) is 0 Å². The van der Waals surface area contributed by atoms with Gasteiger partial charge in [0, 0.05) is 17.0 Å². The number of fused-ring (bicyclic) bond motifs is 1. The number of ether oxygens (including phenoxy) is 1. The second-order valence-electron chi connectivity index (χ2n) is 5.78. The van der Waals surface area contributed by atoms with Gasteiger partial charge in [-0.2, -0.15) is 4.99 Å². The van der Waals surface area contributed by atoms with Gasteiger partial charge in [0.25, 0.3) is 11.5 Å². The first kappa shape index (κ1) is 17.2. The van der Waals surface area contributed by atoms with Gasteiger partial charge in [-0.3, -0.25) is 14.2 Å². The van der Waals surface area contributed by atoms with E-state index in [9.17, 15) is 9.59 Å². The molecule has 4 N–H and O–H groups in total. The number of carbonyl (C=O) groups excluding carboxylic acids is 1. The Balaban J connectivity index is 2.41. The molecule has 132 valence electrons. The summed E-state index contributed by atoms with van der Waals surface area (Å²) in [6, 6.07) is 12.3. The number of rotatable bonds is 3. The molecule has 3 aromatic rings. The lowest BCUT2D eigenvalue weighted by Crippen LogP contribution is -2.25. The summed E-state index contributed by atoms with van der Waals surface area (Å²) in [6.45, 7) is 1.88. The van der Waals surface area contributed by atoms with Gasteiger partial charge >= 0.3 is 0 Å². The quantitative estimate of drug-likeness (QED) is 0.552. The van der Waals surface area contributed by atoms with E-state index >= 15 is 0 Å². The molecule has 3 rings (SSSR count). The summed E-state index contributed by atoms with van der Waals surface area (Å²) >= 11 is 0. The maximum atomic E-state index is 13.0. The van der Waals surface area contributed by atoms with Gasteiger partial charge in [-0.05, 0) is 25.1 Å². The fourth-order valence-corrected chi connectivity index (χ4v) is 2.81. The lowest BCUT2D eigenvalue weighted by molar-refractivity contribution is 0.100. The molecule has 0 fully saturated rings. The number of aliphatic imine (C=N–C) groups is 1. The molecule has 7 heteroatoms. The van der Waals surface area contributed by atoms with Crippen molar-refractivity contribution >= 4 is 22.6 Å². The number of hydrogen-bond acceptors (Lipinski definition) is 3. The van der Waals surface area contributed by atoms with Crippen LogP contribution in [-0.2, 0) is 0 Å². The van der Waals surface area contributed by atoms with Crippen molar-refractivity contribution in [2.24, 2.45) is 16.5 Å². The van der Waals surface area contributed by atoms with Crippen LogP contribution in [0.5, 0.6) is 5.75 Å². The zero-order valence-corrected chi connectivity index (χ0v) is 14.4. The molecular weight excluding hydrogens is 332 g/mol. The Kier molecular flexibility index (Phi) is 4.45. The van der Waals surface area contributed by atoms with Crippen LogP contribution in [0.1, 0.15) is 15.9 Å². The molecule has 7 nitrogen and oxygen atoms in total. The molecule has 0 atom stereocenters. The second-order valence-corrected chi connectivity index (χ2v) is 5.78. The van der Waals surface area contributed by atoms with E-state index in [2.05, 4.69) is 4.99 Å². The molecule has 0 aliphatic carbocycles. The van der Waals surface area contributed by atoms with Crippen molar-refractivity contribution in [3.63, 3.8) is 0 Å². The number of aryl methyl sites for hydroxylation is 1. The molecule has 0 spiro atoms. The van der Waals surface area contributed by atoms with Crippen molar-refractivity contribution in [2.75, 3.05) is 7.11 Å². The van der Waals surface area contributed by atoms with Crippen molar-refractivity contribution in [3.8, 4) is 11.4 Å². The average Bonchev–Trinajstić information content (AvgIpc) is 2.61. The fraction of sp³-hybridized carbons (Fsp3) is 0.105. The number of pyridine rings is 1. The number of hydrogen-bond donors (Lipinski definition) is 2. The second kappa shape index (κ2) is 6.72. The maximum absolute atomic E-state index is 13.0. The zero-order chi connectivity index (χ0) is 18.8. The van der Waals surface area contributed by atoms with Crippen LogP contribution in [0.25, 0.3) is 16.5 Å². The summed E-state index contributed by atoms with van der Waals surface area (Å²) in [6.07, 6.45) is 1.44. The summed E-state index contributed by atoms with van der Waals surface area (Å²) in [5, 5.41) is 0.884. The Bertz CT molecular complexity index is 1100. The largest absolute Gasteiger partial charge is 0.495 e. The van der Waals surface area contributed by atoms with Crippen LogP contribution in [0.4, 0.5) is 0 Å². The Morgan fingerprint density at radius 2 is 1.85 bits per heavy atom. The zero-order valence-electron chi connectivity index (χ0n) is 14.4. The van der Waals surface area contributed by atoms with Crippen molar-refractivity contribution in [2.45, 2.75) is 6.92 Å². The first-order chi connectivity index (χ1) is 12.4. The number of aromatic nitrogens is 1. The Morgan fingerprint density at radius 3 is 2.54 bits per heavy atom. The minimum absolute atomic E-state index is 0.225. The molecule has 1 heterocycles. The molecule has 0 saturated carbocycles. The highest BCUT2D eigenvalue weighted by molar-refractivity contribution is 6.10. The number of benzene rings is 2. The standard InChI is InChI=1S/C19H18N4O3/c1-11-7-8-12-13(9-11)14(17(24)22-19(20)21)10-23(18(12)25)15-5-3-4-6-16(15)26-2/h3-10H,1-2H3,(H4,20,21,22,24). The van der Waals surface area contributed by atoms with Gasteiger partial charge in [0.15, 0.2) is 5.96 Å². The topological polar surface area (TPSA) is 113 Å². The Morgan fingerprint density at radius 1 is 1.12 bits per heavy atom. The summed E-state index contributed by atoms with van der Waals surface area (Å²) in [5.74, 6) is -0.462. The highest BCUT2D eigenvalue weighted by Gasteiger charge is 2.17. The van der Waals surface area contributed by atoms with Gasteiger partial charge in [-0.25, -0.2) is 0 Å². The third-order valence-electron chi connectivity index (χ3n) is 3.98. The van der Waals surface area contributed by atoms with Gasteiger partial charge in [0.2, 0.25) is 0 Å². The number of amides is 1. The predicted molar refractivity (Wildman–Crippen MR) is 101 cm³/mol. The SMILES string of the molecule is COc1ccccc1-n1cc(C(=O)N=C(N)N)c2cc(C)ccc2c1=O. The monoisotopic (exact) mass is 350 g/mol. The van der Waals surface area contributed by atoms with E-state index in [1.54, 1.807) is 36.4 Å². The normalized spacial score (nSPS) is 10.5. The summed E-state index contributed by atoms with van der Waals surface area (Å²) < 4.78 is 6.71. The highest BCUT2D eigenvalue weighted by atomic mass is 16.5. The molecule has 0 bridgehead atoms. The lowest BCUT2D eigenvalue weighted by atomic mass is 10.0. The molecule has 1 amide bonds. The van der Waals surface area contributed by atoms with Crippen LogP contribution in [0.3, 0.4) is 0 Å². The highest BCUT2D eigenvalue weighted by Crippen LogP contribution is 2.24. The third kappa shape index (κ3) is 3.02. The smallest absolute Gasteiger partial charge is 0.282 e. The molecule has 0 aliphatic rings. The van der Waals surface area contributed by atoms with E-state index in [1.807, 2.05) is 13.0 Å². The summed E-state index contributed by atoms with van der Waals surface area (Å²) in [5.41, 5.74) is 12.1. The van der Waals surface area contributed by atoms with Crippen LogP contribution >= 0.6 is 0 Å². The molecule has 0 aliphatic heterocycles. The number of nitrogens with two attached hydrogens (primary N) is 2. The van der Waals surface area contributed by atoms with Crippen LogP contribution in [0.15, 0.2) is 58.4 Å². The number of nitrogens with zero attached hydrogens (tertiary/aromatic N) is 2. The van der Waals surface area contributed by atoms with Gasteiger partial charge in [0.1, 0.15) is 5.75 Å². The Labute approximate surface area is 149 Å². The van der Waals surface area contributed by atoms with Crippen molar-refractivity contribution in [3.05, 3.63) is 70.1 Å². The van der Waals surface area contributed by atoms with E-state index in [0.29, 0.717) is 22.2 Å². The molecule has 0 unspecified atom stereocenters. The lowest BCUT2D eigenvalue weighted by Gasteiger charge is -2.14. The van der Waals surface area contributed by atoms with Crippen LogP contribution in [0, 0.1) is 6.92 Å². The van der Waals surface area contributed by atoms with Gasteiger partial charge < -0.3 is 16.2 Å². The average molecular weight is 350 g/mol. The summed E-state index contributed by atoms with van der Waals surface area (Å²) in [4.78, 5) is 29.2. The molecule has 0 radical (unpaired) electrons. The molecule has 0 saturated heterocycles. The minimum atomic E-state index is -0.621. The van der Waals surface area contributed by atoms with E-state index < -0.39 is 5.91 Å². The molecule has 1 aromatic heterocycles. The van der Waals surface area contributed by atoms with E-state index in [4.69, 9.17) is 16.2 Å². The van der Waals surface area contributed by atoms with Gasteiger partial charge in [0.05, 0.1) is 18.4 Å². The number of para-hydroxylation sites is 2. The van der Waals surface area contributed by atoms with Gasteiger partial charge in [-0.1, -0.05) is 29.8 Å². The van der Waals surface area contributed by atoms with Crippen molar-refractivity contribution < 1.29 is 9.53 Å². The van der Waals surface area contributed by atoms with E-state index in [0.717, 1.165) is 5.56 Å². The molecule has 26 heavy (non-hydrogen) atoms. The minimum Gasteiger partial charge on any atom is -0.495 e. The maximum Gasteiger partial charge on any atom is 0.282 e. The van der Waals surface area contributed by atoms with Crippen LogP contribution < -0.4 is 21.8 Å². The number of methoxy groups -OCH3 is 1. The predicted octanol–water partition coefficient (Wildman–Crippen LogP) is 1.72. The molecule has 2 aromatic carbocycles. The fourth-order valence-electron chi connectivity index (χ4n) is 2.81. The third-order valence-corrected chi connectivity index (χ3v) is 3.98. The van der Waals surface area contributed by atoms with Crippen LogP contribution in [0.2, 0.25) is 0 Å². The summed E-state index contributed by atoms with van der Waals surface area (Å²) in [7, 11) is 1.51. The number of guanidine groups is 1. The van der Waals surface area contributed by atoms with E-state index in [1.165, 1.54) is 17.9 Å². The van der Waals surface area contributed by atoms with E-state index in [-0.39, 0.29) is 17.1 Å². The molecular formula is C19H18N4O3.